The summed E-state index contributed by atoms with van der Waals surface area (Å²) in [6.45, 7) is 4.95. The number of hydrogen-bond acceptors (Lipinski definition) is 3. The Hall–Kier alpha value is -0.130. The lowest BCUT2D eigenvalue weighted by Gasteiger charge is -2.35. The Labute approximate surface area is 80.6 Å². The van der Waals surface area contributed by atoms with Gasteiger partial charge in [-0.15, -0.1) is 0 Å². The highest BCUT2D eigenvalue weighted by Gasteiger charge is 2.30. The number of hydrogen-bond donors (Lipinski definition) is 2. The van der Waals surface area contributed by atoms with Crippen molar-refractivity contribution in [2.24, 2.45) is 11.8 Å². The van der Waals surface area contributed by atoms with Gasteiger partial charge in [0.05, 0.1) is 6.10 Å². The zero-order valence-corrected chi connectivity index (χ0v) is 8.91. The molecule has 5 heteroatoms. The number of aliphatic hydroxyl groups is 1. The van der Waals surface area contributed by atoms with Crippen LogP contribution in [0.15, 0.2) is 0 Å². The Morgan fingerprint density at radius 1 is 1.46 bits per heavy atom. The van der Waals surface area contributed by atoms with E-state index < -0.39 is 10.9 Å². The molecular weight excluding hydrogens is 190 g/mol. The molecule has 13 heavy (non-hydrogen) atoms. The highest BCUT2D eigenvalue weighted by Crippen LogP contribution is 2.23. The number of aliphatic hydroxyl groups excluding tert-OH is 1. The molecule has 2 atom stereocenters. The van der Waals surface area contributed by atoms with Gasteiger partial charge >= 0.3 is 0 Å². The topological polar surface area (TPSA) is 57.6 Å². The molecule has 1 aliphatic heterocycles. The number of rotatable bonds is 2. The minimum absolute atomic E-state index is 0.0849. The third-order valence-electron chi connectivity index (χ3n) is 2.69. The summed E-state index contributed by atoms with van der Waals surface area (Å²) in [5, 5.41) is 9.62. The molecule has 1 aliphatic rings. The molecule has 1 fully saturated rings. The van der Waals surface area contributed by atoms with Gasteiger partial charge in [-0.2, -0.15) is 0 Å². The fourth-order valence-corrected chi connectivity index (χ4v) is 2.36. The van der Waals surface area contributed by atoms with Gasteiger partial charge in [0.1, 0.15) is 0 Å². The van der Waals surface area contributed by atoms with Crippen LogP contribution in [0.25, 0.3) is 0 Å². The summed E-state index contributed by atoms with van der Waals surface area (Å²) >= 11 is 0. The fraction of sp³-hybridized carbons (Fsp3) is 1.00. The van der Waals surface area contributed by atoms with Gasteiger partial charge in [-0.05, 0) is 12.3 Å². The van der Waals surface area contributed by atoms with Gasteiger partial charge in [0.25, 0.3) is 0 Å². The summed E-state index contributed by atoms with van der Waals surface area (Å²) in [5.74, 6) is 0.411. The Bertz CT molecular complexity index is 232. The molecule has 4 nitrogen and oxygen atoms in total. The van der Waals surface area contributed by atoms with Crippen LogP contribution in [-0.2, 0) is 10.9 Å². The predicted octanol–water partition coefficient (Wildman–Crippen LogP) is -0.148. The normalized spacial score (nSPS) is 31.5. The second-order valence-corrected chi connectivity index (χ2v) is 4.96. The van der Waals surface area contributed by atoms with E-state index in [1.165, 1.54) is 4.31 Å². The van der Waals surface area contributed by atoms with E-state index in [9.17, 15) is 13.5 Å². The third kappa shape index (κ3) is 2.65. The third-order valence-corrected chi connectivity index (χ3v) is 3.51. The Morgan fingerprint density at radius 3 is 2.54 bits per heavy atom. The van der Waals surface area contributed by atoms with Crippen LogP contribution in [0.2, 0.25) is 0 Å². The molecule has 0 spiro atoms. The van der Waals surface area contributed by atoms with E-state index in [4.69, 9.17) is 0 Å². The van der Waals surface area contributed by atoms with Crippen LogP contribution in [0.1, 0.15) is 20.3 Å². The summed E-state index contributed by atoms with van der Waals surface area (Å²) in [5.41, 5.74) is 0. The van der Waals surface area contributed by atoms with E-state index >= 15 is 0 Å². The van der Waals surface area contributed by atoms with Gasteiger partial charge in [-0.1, -0.05) is 13.8 Å². The first kappa shape index (κ1) is 10.9. The monoisotopic (exact) mass is 207 g/mol. The van der Waals surface area contributed by atoms with E-state index in [0.717, 1.165) is 0 Å². The Balaban J connectivity index is 2.63. The molecule has 78 valence electrons. The molecule has 1 rings (SSSR count). The van der Waals surface area contributed by atoms with Crippen molar-refractivity contribution in [3.05, 3.63) is 0 Å². The lowest BCUT2D eigenvalue weighted by atomic mass is 9.86. The second-order valence-electron chi connectivity index (χ2n) is 3.91. The van der Waals surface area contributed by atoms with Crippen molar-refractivity contribution in [2.75, 3.05) is 13.1 Å². The molecule has 2 unspecified atom stereocenters. The molecule has 0 aromatic heterocycles. The number of nitrogens with zero attached hydrogens (tertiary/aromatic N) is 1. The van der Waals surface area contributed by atoms with Crippen LogP contribution < -0.4 is 0 Å². The molecule has 0 radical (unpaired) electrons. The standard InChI is InChI=1S/C8H17NO3S/c1-6(2)7-5-9(13(11)12)4-3-8(7)10/h6-8,10,13H,3-5H2,1-2H3. The molecule has 1 heterocycles. The first-order chi connectivity index (χ1) is 6.02. The maximum Gasteiger partial charge on any atom is 0.203 e. The van der Waals surface area contributed by atoms with Gasteiger partial charge in [0, 0.05) is 19.0 Å². The molecular formula is C8H17NO3S. The minimum atomic E-state index is -2.47. The van der Waals surface area contributed by atoms with E-state index in [1.807, 2.05) is 13.8 Å². The number of piperidine rings is 1. The van der Waals surface area contributed by atoms with Crippen LogP contribution >= 0.6 is 0 Å². The quantitative estimate of drug-likeness (QED) is 0.619. The Morgan fingerprint density at radius 2 is 2.08 bits per heavy atom. The molecule has 0 aromatic carbocycles. The summed E-state index contributed by atoms with van der Waals surface area (Å²) in [4.78, 5) is 0. The lowest BCUT2D eigenvalue weighted by molar-refractivity contribution is 0.0320. The van der Waals surface area contributed by atoms with E-state index in [1.54, 1.807) is 0 Å². The van der Waals surface area contributed by atoms with Gasteiger partial charge in [0.2, 0.25) is 10.9 Å². The summed E-state index contributed by atoms with van der Waals surface area (Å²) in [6.07, 6.45) is 0.220. The van der Waals surface area contributed by atoms with Gasteiger partial charge < -0.3 is 5.11 Å². The van der Waals surface area contributed by atoms with Crippen molar-refractivity contribution in [2.45, 2.75) is 26.4 Å². The number of thiol groups is 1. The van der Waals surface area contributed by atoms with Crippen molar-refractivity contribution in [3.8, 4) is 0 Å². The van der Waals surface area contributed by atoms with Gasteiger partial charge in [0.15, 0.2) is 0 Å². The molecule has 0 bridgehead atoms. The summed E-state index contributed by atoms with van der Waals surface area (Å²) < 4.78 is 22.8. The van der Waals surface area contributed by atoms with Crippen LogP contribution in [-0.4, -0.2) is 37.0 Å². The zero-order valence-electron chi connectivity index (χ0n) is 8.01. The first-order valence-corrected chi connectivity index (χ1v) is 5.72. The highest BCUT2D eigenvalue weighted by molar-refractivity contribution is 7.69. The van der Waals surface area contributed by atoms with E-state index in [-0.39, 0.29) is 12.0 Å². The zero-order chi connectivity index (χ0) is 10.0. The molecule has 0 saturated carbocycles. The van der Waals surface area contributed by atoms with Crippen molar-refractivity contribution in [3.63, 3.8) is 0 Å². The van der Waals surface area contributed by atoms with Crippen LogP contribution in [0.5, 0.6) is 0 Å². The average molecular weight is 207 g/mol. The van der Waals surface area contributed by atoms with Gasteiger partial charge in [-0.3, -0.25) is 0 Å². The largest absolute Gasteiger partial charge is 0.393 e. The Kier molecular flexibility index (Phi) is 3.70. The summed E-state index contributed by atoms with van der Waals surface area (Å²) in [7, 11) is -2.47. The smallest absolute Gasteiger partial charge is 0.203 e. The molecule has 1 saturated heterocycles. The second kappa shape index (κ2) is 4.39. The highest BCUT2D eigenvalue weighted by atomic mass is 32.2. The van der Waals surface area contributed by atoms with Gasteiger partial charge in [-0.25, -0.2) is 12.7 Å². The molecule has 0 amide bonds. The van der Waals surface area contributed by atoms with Crippen LogP contribution in [0.4, 0.5) is 0 Å². The molecule has 1 N–H and O–H groups in total. The fourth-order valence-electron chi connectivity index (χ4n) is 1.76. The predicted molar refractivity (Wildman–Crippen MR) is 50.8 cm³/mol. The lowest BCUT2D eigenvalue weighted by Crippen LogP contribution is -2.44. The van der Waals surface area contributed by atoms with Crippen LogP contribution in [0, 0.1) is 11.8 Å². The van der Waals surface area contributed by atoms with E-state index in [2.05, 4.69) is 0 Å². The molecule has 0 aliphatic carbocycles. The van der Waals surface area contributed by atoms with Crippen molar-refractivity contribution in [1.82, 2.24) is 4.31 Å². The SMILES string of the molecule is CC(C)C1CN([SH](=O)=O)CCC1O. The minimum Gasteiger partial charge on any atom is -0.393 e. The van der Waals surface area contributed by atoms with E-state index in [0.29, 0.717) is 25.4 Å². The average Bonchev–Trinajstić information content (AvgIpc) is 2.04. The van der Waals surface area contributed by atoms with Crippen molar-refractivity contribution in [1.29, 1.82) is 0 Å². The summed E-state index contributed by atoms with van der Waals surface area (Å²) in [6, 6.07) is 0. The maximum absolute atomic E-state index is 10.7. The van der Waals surface area contributed by atoms with Crippen molar-refractivity contribution >= 4 is 10.9 Å². The maximum atomic E-state index is 10.7. The van der Waals surface area contributed by atoms with Crippen molar-refractivity contribution < 1.29 is 13.5 Å². The van der Waals surface area contributed by atoms with Crippen LogP contribution in [0.3, 0.4) is 0 Å². The molecule has 0 aromatic rings. The first-order valence-electron chi connectivity index (χ1n) is 4.59.